The molecule has 0 N–H and O–H groups in total. The van der Waals surface area contributed by atoms with Crippen molar-refractivity contribution in [1.82, 2.24) is 0 Å². The van der Waals surface area contributed by atoms with Crippen LogP contribution < -0.4 is 0 Å². The summed E-state index contributed by atoms with van der Waals surface area (Å²) in [5, 5.41) is 0. The molecule has 0 saturated carbocycles. The van der Waals surface area contributed by atoms with E-state index in [1.165, 1.54) is 24.0 Å². The molecule has 158 valence electrons. The first-order valence-electron chi connectivity index (χ1n) is 12.2. The smallest absolute Gasteiger partial charge is 0.00578 e. The Balaban J connectivity index is 1.66. The van der Waals surface area contributed by atoms with Gasteiger partial charge in [0, 0.05) is 11.8 Å². The fourth-order valence-corrected chi connectivity index (χ4v) is 6.04. The van der Waals surface area contributed by atoms with Gasteiger partial charge in [0.1, 0.15) is 0 Å². The minimum absolute atomic E-state index is 0.595. The van der Waals surface area contributed by atoms with E-state index in [2.05, 4.69) is 78.0 Å². The summed E-state index contributed by atoms with van der Waals surface area (Å²) in [5.74, 6) is 1.19. The quantitative estimate of drug-likeness (QED) is 0.439. The Morgan fingerprint density at radius 3 is 1.20 bits per heavy atom. The first-order chi connectivity index (χ1) is 14.5. The van der Waals surface area contributed by atoms with Crippen molar-refractivity contribution >= 4 is 12.2 Å². The maximum Gasteiger partial charge on any atom is 0.00578 e. The molecule has 0 saturated heterocycles. The maximum atomic E-state index is 2.50. The molecule has 0 aliphatic heterocycles. The van der Waals surface area contributed by atoms with Gasteiger partial charge in [0.15, 0.2) is 0 Å². The molecule has 0 spiro atoms. The summed E-state index contributed by atoms with van der Waals surface area (Å²) < 4.78 is 0. The molecule has 2 atom stereocenters. The van der Waals surface area contributed by atoms with E-state index in [4.69, 9.17) is 0 Å². The standard InChI is InChI=1S/C30H38/c1-7-21-11-13-23(9-3)29-25(19(5)17-27(21)29)15-16-26-20(6)18-28-22(8-2)12-14-24(10-4)30(26)28/h11-14,17-18,25-26H,7-10,15-16H2,1-6H3. The summed E-state index contributed by atoms with van der Waals surface area (Å²) in [5.41, 5.74) is 15.7. The van der Waals surface area contributed by atoms with Crippen LogP contribution >= 0.6 is 0 Å². The number of allylic oxidation sites excluding steroid dienone is 2. The molecule has 30 heavy (non-hydrogen) atoms. The van der Waals surface area contributed by atoms with Crippen LogP contribution in [0.15, 0.2) is 35.4 Å². The predicted molar refractivity (Wildman–Crippen MR) is 132 cm³/mol. The van der Waals surface area contributed by atoms with E-state index in [0.29, 0.717) is 11.8 Å². The lowest BCUT2D eigenvalue weighted by Crippen LogP contribution is -2.08. The van der Waals surface area contributed by atoms with Crippen LogP contribution in [0.2, 0.25) is 0 Å². The monoisotopic (exact) mass is 398 g/mol. The normalized spacial score (nSPS) is 19.5. The van der Waals surface area contributed by atoms with Gasteiger partial charge in [-0.05, 0) is 96.9 Å². The molecule has 2 aliphatic carbocycles. The summed E-state index contributed by atoms with van der Waals surface area (Å²) in [7, 11) is 0. The number of benzene rings is 2. The second-order valence-electron chi connectivity index (χ2n) is 9.30. The number of aryl methyl sites for hydroxylation is 4. The summed E-state index contributed by atoms with van der Waals surface area (Å²) in [6, 6.07) is 9.53. The molecule has 0 fully saturated rings. The molecular weight excluding hydrogens is 360 g/mol. The van der Waals surface area contributed by atoms with E-state index >= 15 is 0 Å². The number of rotatable bonds is 7. The SMILES string of the molecule is CCc1ccc(CC)c2c1C=C(C)C2CCC1C(C)=Cc2c(CC)ccc(CC)c21. The van der Waals surface area contributed by atoms with Gasteiger partial charge in [-0.25, -0.2) is 0 Å². The van der Waals surface area contributed by atoms with Crippen molar-refractivity contribution in [3.05, 3.63) is 79.9 Å². The maximum absolute atomic E-state index is 2.50. The molecule has 2 aliphatic rings. The van der Waals surface area contributed by atoms with Crippen LogP contribution in [0.4, 0.5) is 0 Å². The second kappa shape index (κ2) is 8.58. The van der Waals surface area contributed by atoms with Crippen molar-refractivity contribution in [2.24, 2.45) is 0 Å². The second-order valence-corrected chi connectivity index (χ2v) is 9.30. The van der Waals surface area contributed by atoms with E-state index in [1.807, 2.05) is 0 Å². The first kappa shape index (κ1) is 21.2. The lowest BCUT2D eigenvalue weighted by atomic mass is 9.80. The predicted octanol–water partition coefficient (Wildman–Crippen LogP) is 8.42. The molecule has 2 aromatic rings. The van der Waals surface area contributed by atoms with Crippen LogP contribution in [-0.4, -0.2) is 0 Å². The highest BCUT2D eigenvalue weighted by Crippen LogP contribution is 2.48. The van der Waals surface area contributed by atoms with Crippen LogP contribution in [0.3, 0.4) is 0 Å². The van der Waals surface area contributed by atoms with Crippen molar-refractivity contribution in [3.63, 3.8) is 0 Å². The van der Waals surface area contributed by atoms with Crippen molar-refractivity contribution in [2.45, 2.75) is 91.9 Å². The van der Waals surface area contributed by atoms with Crippen LogP contribution in [0, 0.1) is 0 Å². The highest BCUT2D eigenvalue weighted by Gasteiger charge is 2.31. The molecule has 0 heterocycles. The van der Waals surface area contributed by atoms with Crippen molar-refractivity contribution in [3.8, 4) is 0 Å². The van der Waals surface area contributed by atoms with Crippen molar-refractivity contribution in [1.29, 1.82) is 0 Å². The van der Waals surface area contributed by atoms with Crippen molar-refractivity contribution < 1.29 is 0 Å². The molecule has 0 radical (unpaired) electrons. The Morgan fingerprint density at radius 1 is 0.533 bits per heavy atom. The van der Waals surface area contributed by atoms with E-state index in [9.17, 15) is 0 Å². The zero-order chi connectivity index (χ0) is 21.4. The fraction of sp³-hybridized carbons (Fsp3) is 0.467. The van der Waals surface area contributed by atoms with Gasteiger partial charge in [-0.3, -0.25) is 0 Å². The number of hydrogen-bond donors (Lipinski definition) is 0. The van der Waals surface area contributed by atoms with Crippen LogP contribution in [-0.2, 0) is 25.7 Å². The van der Waals surface area contributed by atoms with Gasteiger partial charge in [-0.2, -0.15) is 0 Å². The third kappa shape index (κ3) is 3.39. The van der Waals surface area contributed by atoms with Crippen LogP contribution in [0.1, 0.15) is 111 Å². The molecule has 2 aromatic carbocycles. The van der Waals surface area contributed by atoms with Crippen molar-refractivity contribution in [2.75, 3.05) is 0 Å². The topological polar surface area (TPSA) is 0 Å². The highest BCUT2D eigenvalue weighted by molar-refractivity contribution is 5.72. The van der Waals surface area contributed by atoms with E-state index in [1.54, 1.807) is 44.5 Å². The molecule has 2 unspecified atom stereocenters. The van der Waals surface area contributed by atoms with Crippen LogP contribution in [0.5, 0.6) is 0 Å². The third-order valence-electron chi connectivity index (χ3n) is 7.74. The summed E-state index contributed by atoms with van der Waals surface area (Å²) >= 11 is 0. The Morgan fingerprint density at radius 2 is 0.867 bits per heavy atom. The number of fused-ring (bicyclic) bond motifs is 2. The lowest BCUT2D eigenvalue weighted by Gasteiger charge is -2.23. The molecule has 0 bridgehead atoms. The van der Waals surface area contributed by atoms with Gasteiger partial charge in [0.25, 0.3) is 0 Å². The largest absolute Gasteiger partial charge is 0.0652 e. The van der Waals surface area contributed by atoms with Gasteiger partial charge in [0.2, 0.25) is 0 Å². The van der Waals surface area contributed by atoms with E-state index in [0.717, 1.165) is 25.7 Å². The van der Waals surface area contributed by atoms with Gasteiger partial charge >= 0.3 is 0 Å². The van der Waals surface area contributed by atoms with Gasteiger partial charge in [-0.1, -0.05) is 75.3 Å². The highest BCUT2D eigenvalue weighted by atomic mass is 14.3. The molecular formula is C30H38. The Labute approximate surface area is 184 Å². The zero-order valence-electron chi connectivity index (χ0n) is 19.9. The zero-order valence-corrected chi connectivity index (χ0v) is 19.9. The van der Waals surface area contributed by atoms with Gasteiger partial charge < -0.3 is 0 Å². The Hall–Kier alpha value is -2.08. The summed E-state index contributed by atoms with van der Waals surface area (Å²) in [4.78, 5) is 0. The summed E-state index contributed by atoms with van der Waals surface area (Å²) in [6.45, 7) is 13.9. The van der Waals surface area contributed by atoms with E-state index in [-0.39, 0.29) is 0 Å². The molecule has 0 heteroatoms. The molecule has 0 nitrogen and oxygen atoms in total. The average molecular weight is 399 g/mol. The molecule has 4 rings (SSSR count). The molecule has 0 aromatic heterocycles. The number of hydrogen-bond acceptors (Lipinski definition) is 0. The lowest BCUT2D eigenvalue weighted by molar-refractivity contribution is 0.605. The summed E-state index contributed by atoms with van der Waals surface area (Å²) in [6.07, 6.45) is 12.0. The van der Waals surface area contributed by atoms with Crippen LogP contribution in [0.25, 0.3) is 12.2 Å². The van der Waals surface area contributed by atoms with Gasteiger partial charge in [-0.15, -0.1) is 0 Å². The third-order valence-corrected chi connectivity index (χ3v) is 7.74. The van der Waals surface area contributed by atoms with Gasteiger partial charge in [0.05, 0.1) is 0 Å². The Bertz CT molecular complexity index is 931. The minimum atomic E-state index is 0.595. The fourth-order valence-electron chi connectivity index (χ4n) is 6.04. The minimum Gasteiger partial charge on any atom is -0.0652 e. The Kier molecular flexibility index (Phi) is 6.05. The molecule has 0 amide bonds. The first-order valence-corrected chi connectivity index (χ1v) is 12.2. The average Bonchev–Trinajstić information content (AvgIpc) is 3.27. The van der Waals surface area contributed by atoms with E-state index < -0.39 is 0 Å².